The van der Waals surface area contributed by atoms with E-state index in [1.807, 2.05) is 12.1 Å². The van der Waals surface area contributed by atoms with Crippen molar-refractivity contribution in [2.75, 3.05) is 13.1 Å². The molecule has 1 heterocycles. The summed E-state index contributed by atoms with van der Waals surface area (Å²) in [6.45, 7) is 1.84. The van der Waals surface area contributed by atoms with Crippen molar-refractivity contribution in [3.63, 3.8) is 0 Å². The molecule has 0 radical (unpaired) electrons. The van der Waals surface area contributed by atoms with Gasteiger partial charge in [0.15, 0.2) is 0 Å². The summed E-state index contributed by atoms with van der Waals surface area (Å²) < 4.78 is 5.10. The molecule has 82 valence electrons. The molecule has 1 amide bonds. The summed E-state index contributed by atoms with van der Waals surface area (Å²) in [6, 6.07) is 3.66. The average Bonchev–Trinajstić information content (AvgIpc) is 2.91. The van der Waals surface area contributed by atoms with Crippen LogP contribution in [0.5, 0.6) is 0 Å². The van der Waals surface area contributed by atoms with Gasteiger partial charge in [-0.1, -0.05) is 0 Å². The van der Waals surface area contributed by atoms with Gasteiger partial charge in [0.05, 0.1) is 19.4 Å². The molecule has 1 aliphatic carbocycles. The number of nitrogens with one attached hydrogen (secondary N) is 2. The highest BCUT2D eigenvalue weighted by Gasteiger charge is 2.20. The normalized spacial score (nSPS) is 15.2. The molecule has 2 rings (SSSR count). The molecule has 0 unspecified atom stereocenters. The zero-order valence-corrected chi connectivity index (χ0v) is 8.66. The summed E-state index contributed by atoms with van der Waals surface area (Å²) in [5, 5.41) is 5.92. The highest BCUT2D eigenvalue weighted by molar-refractivity contribution is 5.77. The van der Waals surface area contributed by atoms with Crippen molar-refractivity contribution in [1.29, 1.82) is 0 Å². The van der Waals surface area contributed by atoms with Crippen LogP contribution in [0.15, 0.2) is 22.8 Å². The fourth-order valence-electron chi connectivity index (χ4n) is 1.37. The fourth-order valence-corrected chi connectivity index (χ4v) is 1.37. The quantitative estimate of drug-likeness (QED) is 0.730. The Morgan fingerprint density at radius 1 is 1.53 bits per heavy atom. The molecule has 1 aliphatic rings. The molecule has 0 aliphatic heterocycles. The summed E-state index contributed by atoms with van der Waals surface area (Å²) in [6.07, 6.45) is 4.22. The molecule has 4 heteroatoms. The van der Waals surface area contributed by atoms with Crippen molar-refractivity contribution in [2.45, 2.75) is 19.4 Å². The van der Waals surface area contributed by atoms with E-state index < -0.39 is 0 Å². The highest BCUT2D eigenvalue weighted by atomic mass is 16.3. The van der Waals surface area contributed by atoms with E-state index in [-0.39, 0.29) is 5.91 Å². The van der Waals surface area contributed by atoms with Gasteiger partial charge >= 0.3 is 0 Å². The van der Waals surface area contributed by atoms with Gasteiger partial charge in [-0.3, -0.25) is 4.79 Å². The molecule has 4 nitrogen and oxygen atoms in total. The molecule has 0 aromatic carbocycles. The van der Waals surface area contributed by atoms with Gasteiger partial charge in [0.2, 0.25) is 5.91 Å². The lowest BCUT2D eigenvalue weighted by molar-refractivity contribution is -0.120. The number of rotatable bonds is 6. The van der Waals surface area contributed by atoms with Gasteiger partial charge in [-0.05, 0) is 37.4 Å². The minimum Gasteiger partial charge on any atom is -0.467 e. The van der Waals surface area contributed by atoms with Crippen molar-refractivity contribution < 1.29 is 9.21 Å². The van der Waals surface area contributed by atoms with Gasteiger partial charge in [0.25, 0.3) is 0 Å². The van der Waals surface area contributed by atoms with Crippen LogP contribution in [0.3, 0.4) is 0 Å². The number of furan rings is 1. The maximum absolute atomic E-state index is 11.3. The average molecular weight is 208 g/mol. The Kier molecular flexibility index (Phi) is 3.40. The van der Waals surface area contributed by atoms with Crippen molar-refractivity contribution in [2.24, 2.45) is 5.92 Å². The molecule has 0 spiro atoms. The third kappa shape index (κ3) is 3.75. The van der Waals surface area contributed by atoms with Crippen LogP contribution < -0.4 is 10.6 Å². The monoisotopic (exact) mass is 208 g/mol. The Bertz CT molecular complexity index is 304. The molecule has 1 aromatic heterocycles. The van der Waals surface area contributed by atoms with E-state index >= 15 is 0 Å². The molecule has 1 fully saturated rings. The first-order chi connectivity index (χ1) is 7.34. The lowest BCUT2D eigenvalue weighted by Gasteiger charge is -2.04. The second-order valence-corrected chi connectivity index (χ2v) is 3.93. The minimum absolute atomic E-state index is 0.0204. The van der Waals surface area contributed by atoms with Crippen LogP contribution in [-0.2, 0) is 11.3 Å². The van der Waals surface area contributed by atoms with E-state index in [0.29, 0.717) is 13.1 Å². The third-order valence-electron chi connectivity index (χ3n) is 2.46. The lowest BCUT2D eigenvalue weighted by atomic mass is 10.4. The first-order valence-electron chi connectivity index (χ1n) is 5.34. The molecule has 2 N–H and O–H groups in total. The van der Waals surface area contributed by atoms with Gasteiger partial charge in [-0.25, -0.2) is 0 Å². The molecule has 0 saturated heterocycles. The molecule has 0 bridgehead atoms. The Hall–Kier alpha value is -1.29. The van der Waals surface area contributed by atoms with E-state index in [9.17, 15) is 4.79 Å². The second kappa shape index (κ2) is 4.98. The number of carbonyl (C=O) groups is 1. The third-order valence-corrected chi connectivity index (χ3v) is 2.46. The van der Waals surface area contributed by atoms with Crippen LogP contribution in [-0.4, -0.2) is 19.0 Å². The van der Waals surface area contributed by atoms with E-state index in [0.717, 1.165) is 18.2 Å². The Labute approximate surface area is 89.0 Å². The predicted molar refractivity (Wildman–Crippen MR) is 56.1 cm³/mol. The maximum Gasteiger partial charge on any atom is 0.234 e. The van der Waals surface area contributed by atoms with E-state index in [1.165, 1.54) is 12.8 Å². The summed E-state index contributed by atoms with van der Waals surface area (Å²) in [4.78, 5) is 11.3. The summed E-state index contributed by atoms with van der Waals surface area (Å²) in [7, 11) is 0. The molecule has 1 aromatic rings. The first kappa shape index (κ1) is 10.2. The molecule has 1 saturated carbocycles. The van der Waals surface area contributed by atoms with Crippen molar-refractivity contribution in [3.8, 4) is 0 Å². The highest BCUT2D eigenvalue weighted by Crippen LogP contribution is 2.27. The molecular formula is C11H16N2O2. The van der Waals surface area contributed by atoms with Crippen LogP contribution in [0.2, 0.25) is 0 Å². The molecular weight excluding hydrogens is 192 g/mol. The fraction of sp³-hybridized carbons (Fsp3) is 0.545. The second-order valence-electron chi connectivity index (χ2n) is 3.93. The van der Waals surface area contributed by atoms with E-state index in [4.69, 9.17) is 4.42 Å². The topological polar surface area (TPSA) is 54.3 Å². The predicted octanol–water partition coefficient (Wildman–Crippen LogP) is 0.895. The van der Waals surface area contributed by atoms with Crippen LogP contribution >= 0.6 is 0 Å². The van der Waals surface area contributed by atoms with Gasteiger partial charge in [0, 0.05) is 0 Å². The number of amides is 1. The standard InChI is InChI=1S/C11H16N2O2/c14-11(8-12-6-9-3-4-9)13-7-10-2-1-5-15-10/h1-2,5,9,12H,3-4,6-8H2,(H,13,14). The van der Waals surface area contributed by atoms with E-state index in [2.05, 4.69) is 10.6 Å². The Morgan fingerprint density at radius 3 is 3.07 bits per heavy atom. The molecule has 0 atom stereocenters. The van der Waals surface area contributed by atoms with Gasteiger partial charge in [-0.2, -0.15) is 0 Å². The van der Waals surface area contributed by atoms with Gasteiger partial charge in [-0.15, -0.1) is 0 Å². The zero-order valence-electron chi connectivity index (χ0n) is 8.66. The number of hydrogen-bond acceptors (Lipinski definition) is 3. The lowest BCUT2D eigenvalue weighted by Crippen LogP contribution is -2.34. The number of hydrogen-bond donors (Lipinski definition) is 2. The van der Waals surface area contributed by atoms with Crippen LogP contribution in [0.4, 0.5) is 0 Å². The maximum atomic E-state index is 11.3. The van der Waals surface area contributed by atoms with Crippen LogP contribution in [0, 0.1) is 5.92 Å². The summed E-state index contributed by atoms with van der Waals surface area (Å²) in [5.74, 6) is 1.61. The molecule has 15 heavy (non-hydrogen) atoms. The largest absolute Gasteiger partial charge is 0.467 e. The van der Waals surface area contributed by atoms with Crippen molar-refractivity contribution >= 4 is 5.91 Å². The Morgan fingerprint density at radius 2 is 2.40 bits per heavy atom. The van der Waals surface area contributed by atoms with Gasteiger partial charge in [0.1, 0.15) is 5.76 Å². The van der Waals surface area contributed by atoms with Crippen molar-refractivity contribution in [1.82, 2.24) is 10.6 Å². The zero-order chi connectivity index (χ0) is 10.5. The number of carbonyl (C=O) groups excluding carboxylic acids is 1. The summed E-state index contributed by atoms with van der Waals surface area (Å²) in [5.41, 5.74) is 0. The van der Waals surface area contributed by atoms with Crippen LogP contribution in [0.1, 0.15) is 18.6 Å². The van der Waals surface area contributed by atoms with E-state index in [1.54, 1.807) is 6.26 Å². The minimum atomic E-state index is 0.0204. The van der Waals surface area contributed by atoms with Gasteiger partial charge < -0.3 is 15.1 Å². The summed E-state index contributed by atoms with van der Waals surface area (Å²) >= 11 is 0. The Balaban J connectivity index is 1.55. The van der Waals surface area contributed by atoms with Crippen molar-refractivity contribution in [3.05, 3.63) is 24.2 Å². The smallest absolute Gasteiger partial charge is 0.234 e. The van der Waals surface area contributed by atoms with Crippen LogP contribution in [0.25, 0.3) is 0 Å². The SMILES string of the molecule is O=C(CNCC1CC1)NCc1ccco1. The first-order valence-corrected chi connectivity index (χ1v) is 5.34.